The van der Waals surface area contributed by atoms with E-state index in [9.17, 15) is 4.79 Å². The van der Waals surface area contributed by atoms with Crippen LogP contribution >= 0.6 is 31.9 Å². The maximum absolute atomic E-state index is 12.2. The maximum Gasteiger partial charge on any atom is 0.309 e. The molecule has 0 amide bonds. The Kier molecular flexibility index (Phi) is 5.75. The third-order valence-corrected chi connectivity index (χ3v) is 7.50. The van der Waals surface area contributed by atoms with E-state index in [1.54, 1.807) is 0 Å². The van der Waals surface area contributed by atoms with Crippen molar-refractivity contribution < 1.29 is 9.53 Å². The van der Waals surface area contributed by atoms with Crippen LogP contribution in [0.2, 0.25) is 0 Å². The summed E-state index contributed by atoms with van der Waals surface area (Å²) in [5.74, 6) is -0.0747. The van der Waals surface area contributed by atoms with Crippen LogP contribution in [0.15, 0.2) is 70.1 Å². The van der Waals surface area contributed by atoms with Crippen LogP contribution < -0.4 is 5.43 Å². The van der Waals surface area contributed by atoms with Crippen LogP contribution in [0.3, 0.4) is 0 Å². The largest absolute Gasteiger partial charge is 0.466 e. The van der Waals surface area contributed by atoms with E-state index in [-0.39, 0.29) is 34.8 Å². The van der Waals surface area contributed by atoms with Gasteiger partial charge < -0.3 is 4.74 Å². The molecule has 7 heteroatoms. The molecule has 2 aromatic rings. The van der Waals surface area contributed by atoms with Crippen molar-refractivity contribution in [2.45, 2.75) is 30.4 Å². The van der Waals surface area contributed by atoms with Crippen molar-refractivity contribution in [2.75, 3.05) is 6.61 Å². The van der Waals surface area contributed by atoms with Crippen LogP contribution in [0.25, 0.3) is 5.70 Å². The summed E-state index contributed by atoms with van der Waals surface area (Å²) in [6.07, 6.45) is 2.82. The molecule has 2 aliphatic heterocycles. The van der Waals surface area contributed by atoms with E-state index in [0.29, 0.717) is 6.61 Å². The Morgan fingerprint density at radius 2 is 2.03 bits per heavy atom. The second-order valence-corrected chi connectivity index (χ2v) is 10.0. The van der Waals surface area contributed by atoms with Crippen molar-refractivity contribution in [3.8, 4) is 0 Å². The summed E-state index contributed by atoms with van der Waals surface area (Å²) in [7, 11) is 0. The number of carbonyl (C=O) groups is 1. The van der Waals surface area contributed by atoms with Crippen LogP contribution in [0.1, 0.15) is 30.5 Å². The van der Waals surface area contributed by atoms with Crippen molar-refractivity contribution in [2.24, 2.45) is 16.8 Å². The number of benzene rings is 2. The van der Waals surface area contributed by atoms with Gasteiger partial charge >= 0.3 is 5.97 Å². The SMILES string of the molecule is CCOC(=O)C1CC1C1=NC2C(Br)C(c3ccccc3)NN2C(c2cccc(Br)c2)=C1. The zero-order chi connectivity index (χ0) is 21.5. The molecule has 1 saturated heterocycles. The van der Waals surface area contributed by atoms with Crippen molar-refractivity contribution in [3.63, 3.8) is 0 Å². The molecule has 0 spiro atoms. The predicted octanol–water partition coefficient (Wildman–Crippen LogP) is 5.09. The number of hydrogen-bond donors (Lipinski definition) is 1. The number of hydrogen-bond acceptors (Lipinski definition) is 5. The predicted molar refractivity (Wildman–Crippen MR) is 128 cm³/mol. The summed E-state index contributed by atoms with van der Waals surface area (Å²) < 4.78 is 6.27. The standard InChI is InChI=1S/C24H23Br2N3O2/c1-2-31-24(30)18-12-17(18)19-13-20(15-9-6-10-16(25)11-15)29-23(27-19)21(26)22(28-29)14-7-4-3-5-8-14/h3-11,13,17-18,21-23,28H,2,12H2,1H3. The normalized spacial score (nSPS) is 29.1. The van der Waals surface area contributed by atoms with Gasteiger partial charge in [0.1, 0.15) is 6.17 Å². The van der Waals surface area contributed by atoms with Gasteiger partial charge in [0.05, 0.1) is 29.1 Å². The molecule has 1 N–H and O–H groups in total. The van der Waals surface area contributed by atoms with Gasteiger partial charge in [0.25, 0.3) is 0 Å². The average Bonchev–Trinajstić information content (AvgIpc) is 3.52. The van der Waals surface area contributed by atoms with Gasteiger partial charge in [-0.05, 0) is 37.1 Å². The van der Waals surface area contributed by atoms with E-state index in [1.807, 2.05) is 25.1 Å². The number of esters is 1. The number of rotatable bonds is 5. The van der Waals surface area contributed by atoms with Gasteiger partial charge in [-0.1, -0.05) is 74.3 Å². The van der Waals surface area contributed by atoms with E-state index in [4.69, 9.17) is 9.73 Å². The fourth-order valence-electron chi connectivity index (χ4n) is 4.38. The second-order valence-electron chi connectivity index (χ2n) is 8.04. The zero-order valence-corrected chi connectivity index (χ0v) is 20.2. The molecule has 3 aliphatic rings. The van der Waals surface area contributed by atoms with Gasteiger partial charge in [-0.15, -0.1) is 0 Å². The first-order valence-electron chi connectivity index (χ1n) is 10.5. The number of aliphatic imine (C=N–C) groups is 1. The Labute approximate surface area is 198 Å². The third-order valence-electron chi connectivity index (χ3n) is 6.01. The summed E-state index contributed by atoms with van der Waals surface area (Å²) in [5.41, 5.74) is 8.02. The Bertz CT molecular complexity index is 1060. The fourth-order valence-corrected chi connectivity index (χ4v) is 5.55. The lowest BCUT2D eigenvalue weighted by Gasteiger charge is -2.31. The summed E-state index contributed by atoms with van der Waals surface area (Å²) in [6.45, 7) is 2.26. The minimum Gasteiger partial charge on any atom is -0.466 e. The molecule has 2 aromatic carbocycles. The number of allylic oxidation sites excluding steroid dienone is 1. The molecular weight excluding hydrogens is 522 g/mol. The summed E-state index contributed by atoms with van der Waals surface area (Å²) in [4.78, 5) is 17.4. The topological polar surface area (TPSA) is 53.9 Å². The van der Waals surface area contributed by atoms with Crippen molar-refractivity contribution in [1.82, 2.24) is 10.4 Å². The van der Waals surface area contributed by atoms with E-state index in [1.165, 1.54) is 5.56 Å². The monoisotopic (exact) mass is 543 g/mol. The molecule has 0 bridgehead atoms. The van der Waals surface area contributed by atoms with Crippen LogP contribution in [-0.2, 0) is 9.53 Å². The highest BCUT2D eigenvalue weighted by Crippen LogP contribution is 2.46. The number of alkyl halides is 1. The number of hydrazine groups is 1. The van der Waals surface area contributed by atoms with Crippen molar-refractivity contribution >= 4 is 49.2 Å². The van der Waals surface area contributed by atoms with E-state index >= 15 is 0 Å². The fraction of sp³-hybridized carbons (Fsp3) is 0.333. The number of ether oxygens (including phenoxy) is 1. The average molecular weight is 545 g/mol. The first-order valence-corrected chi connectivity index (χ1v) is 12.2. The first-order chi connectivity index (χ1) is 15.1. The van der Waals surface area contributed by atoms with Gasteiger partial charge in [0.15, 0.2) is 0 Å². The van der Waals surface area contributed by atoms with Gasteiger partial charge in [-0.3, -0.25) is 14.8 Å². The Balaban J connectivity index is 1.51. The molecule has 5 unspecified atom stereocenters. The summed E-state index contributed by atoms with van der Waals surface area (Å²) >= 11 is 7.52. The molecular formula is C24H23Br2N3O2. The lowest BCUT2D eigenvalue weighted by molar-refractivity contribution is -0.144. The Hall–Kier alpha value is -1.96. The summed E-state index contributed by atoms with van der Waals surface area (Å²) in [6, 6.07) is 18.8. The number of carbonyl (C=O) groups excluding carboxylic acids is 1. The molecule has 5 rings (SSSR count). The molecule has 160 valence electrons. The highest BCUT2D eigenvalue weighted by atomic mass is 79.9. The molecule has 2 heterocycles. The Morgan fingerprint density at radius 3 is 2.77 bits per heavy atom. The van der Waals surface area contributed by atoms with Gasteiger partial charge in [0, 0.05) is 21.7 Å². The molecule has 5 nitrogen and oxygen atoms in total. The van der Waals surface area contributed by atoms with Gasteiger partial charge in [-0.2, -0.15) is 0 Å². The molecule has 31 heavy (non-hydrogen) atoms. The second kappa shape index (κ2) is 8.52. The van der Waals surface area contributed by atoms with E-state index < -0.39 is 0 Å². The molecule has 1 aliphatic carbocycles. The maximum atomic E-state index is 12.2. The van der Waals surface area contributed by atoms with Crippen molar-refractivity contribution in [1.29, 1.82) is 0 Å². The van der Waals surface area contributed by atoms with Gasteiger partial charge in [-0.25, -0.2) is 5.43 Å². The smallest absolute Gasteiger partial charge is 0.309 e. The zero-order valence-electron chi connectivity index (χ0n) is 17.0. The number of halogens is 2. The van der Waals surface area contributed by atoms with Crippen LogP contribution in [0, 0.1) is 11.8 Å². The molecule has 0 radical (unpaired) electrons. The summed E-state index contributed by atoms with van der Waals surface area (Å²) in [5, 5.41) is 2.16. The molecule has 5 atom stereocenters. The van der Waals surface area contributed by atoms with Gasteiger partial charge in [0.2, 0.25) is 0 Å². The first kappa shape index (κ1) is 20.9. The minimum atomic E-state index is -0.114. The number of fused-ring (bicyclic) bond motifs is 1. The molecule has 1 saturated carbocycles. The highest BCUT2D eigenvalue weighted by molar-refractivity contribution is 9.10. The van der Waals surface area contributed by atoms with Crippen LogP contribution in [0.5, 0.6) is 0 Å². The highest BCUT2D eigenvalue weighted by Gasteiger charge is 2.50. The lowest BCUT2D eigenvalue weighted by Crippen LogP contribution is -2.39. The quantitative estimate of drug-likeness (QED) is 0.420. The van der Waals surface area contributed by atoms with Crippen LogP contribution in [0.4, 0.5) is 0 Å². The minimum absolute atomic E-state index is 0.0838. The number of nitrogens with zero attached hydrogens (tertiary/aromatic N) is 2. The molecule has 2 fully saturated rings. The lowest BCUT2D eigenvalue weighted by atomic mass is 10.0. The Morgan fingerprint density at radius 1 is 1.23 bits per heavy atom. The van der Waals surface area contributed by atoms with Crippen LogP contribution in [-0.4, -0.2) is 34.3 Å². The number of nitrogens with one attached hydrogen (secondary N) is 1. The van der Waals surface area contributed by atoms with E-state index in [2.05, 4.69) is 84.8 Å². The van der Waals surface area contributed by atoms with E-state index in [0.717, 1.165) is 27.9 Å². The molecule has 0 aromatic heterocycles. The van der Waals surface area contributed by atoms with Crippen molar-refractivity contribution in [3.05, 3.63) is 76.3 Å². The third kappa shape index (κ3) is 3.99.